The van der Waals surface area contributed by atoms with Gasteiger partial charge in [0, 0.05) is 11.3 Å². The first kappa shape index (κ1) is 20.1. The van der Waals surface area contributed by atoms with Crippen LogP contribution in [0, 0.1) is 0 Å². The number of halogens is 1. The monoisotopic (exact) mass is 377 g/mol. The van der Waals surface area contributed by atoms with E-state index in [2.05, 4.69) is 12.2 Å². The molecule has 26 heavy (non-hydrogen) atoms. The summed E-state index contributed by atoms with van der Waals surface area (Å²) < 4.78 is 11.3. The van der Waals surface area contributed by atoms with Crippen LogP contribution in [-0.4, -0.2) is 24.2 Å². The molecule has 2 aromatic rings. The number of benzene rings is 2. The molecule has 0 radical (unpaired) electrons. The van der Waals surface area contributed by atoms with Crippen LogP contribution in [-0.2, 0) is 6.61 Å². The number of nitrogens with one attached hydrogen (secondary N) is 1. The zero-order valence-electron chi connectivity index (χ0n) is 15.0. The van der Waals surface area contributed by atoms with Crippen molar-refractivity contribution in [2.24, 2.45) is 0 Å². The zero-order chi connectivity index (χ0) is 18.9. The number of rotatable bonds is 9. The topological polar surface area (TPSA) is 67.8 Å². The Morgan fingerprint density at radius 1 is 1.19 bits per heavy atom. The Balaban J connectivity index is 2.23. The van der Waals surface area contributed by atoms with Gasteiger partial charge in [-0.25, -0.2) is 0 Å². The lowest BCUT2D eigenvalue weighted by molar-refractivity contribution is 0.102. The number of amides is 1. The number of carbonyl (C=O) groups is 1. The van der Waals surface area contributed by atoms with Crippen LogP contribution in [0.4, 0.5) is 5.69 Å². The molecule has 0 aromatic heterocycles. The van der Waals surface area contributed by atoms with Gasteiger partial charge in [0.05, 0.1) is 24.8 Å². The first-order chi connectivity index (χ1) is 12.6. The quantitative estimate of drug-likeness (QED) is 0.623. The first-order valence-corrected chi connectivity index (χ1v) is 9.07. The van der Waals surface area contributed by atoms with Crippen molar-refractivity contribution in [2.75, 3.05) is 18.5 Å². The van der Waals surface area contributed by atoms with Crippen molar-refractivity contribution in [3.63, 3.8) is 0 Å². The van der Waals surface area contributed by atoms with Crippen molar-refractivity contribution in [3.8, 4) is 11.5 Å². The standard InChI is InChI=1S/C20H24ClNO4/c1-3-5-9-26-19-17(21)11-15(12-18(19)25-4-2)20(24)22-16-8-6-7-14(10-16)13-23/h6-8,10-12,23H,3-5,9,13H2,1-2H3,(H,22,24). The van der Waals surface area contributed by atoms with Crippen LogP contribution in [0.15, 0.2) is 36.4 Å². The summed E-state index contributed by atoms with van der Waals surface area (Å²) in [4.78, 5) is 12.6. The third kappa shape index (κ3) is 5.38. The molecule has 0 aliphatic rings. The molecule has 0 heterocycles. The number of aliphatic hydroxyl groups excluding tert-OH is 1. The van der Waals surface area contributed by atoms with Crippen LogP contribution < -0.4 is 14.8 Å². The third-order valence-electron chi connectivity index (χ3n) is 3.68. The lowest BCUT2D eigenvalue weighted by atomic mass is 10.1. The predicted octanol–water partition coefficient (Wildman–Crippen LogP) is 4.66. The number of hydrogen-bond acceptors (Lipinski definition) is 4. The average molecular weight is 378 g/mol. The van der Waals surface area contributed by atoms with E-state index in [-0.39, 0.29) is 12.5 Å². The minimum absolute atomic E-state index is 0.0895. The van der Waals surface area contributed by atoms with Crippen LogP contribution in [0.25, 0.3) is 0 Å². The molecule has 0 saturated carbocycles. The summed E-state index contributed by atoms with van der Waals surface area (Å²) in [5.74, 6) is 0.592. The van der Waals surface area contributed by atoms with Crippen LogP contribution in [0.5, 0.6) is 11.5 Å². The van der Waals surface area contributed by atoms with Crippen molar-refractivity contribution in [1.82, 2.24) is 0 Å². The molecular weight excluding hydrogens is 354 g/mol. The molecule has 2 N–H and O–H groups in total. The molecule has 0 bridgehead atoms. The molecule has 0 unspecified atom stereocenters. The maximum absolute atomic E-state index is 12.6. The number of anilines is 1. The van der Waals surface area contributed by atoms with Crippen LogP contribution >= 0.6 is 11.6 Å². The normalized spacial score (nSPS) is 10.5. The molecule has 2 aromatic carbocycles. The zero-order valence-corrected chi connectivity index (χ0v) is 15.8. The van der Waals surface area contributed by atoms with Gasteiger partial charge in [0.1, 0.15) is 0 Å². The number of unbranched alkanes of at least 4 members (excludes halogenated alkanes) is 1. The van der Waals surface area contributed by atoms with Gasteiger partial charge < -0.3 is 19.9 Å². The van der Waals surface area contributed by atoms with Gasteiger partial charge in [-0.15, -0.1) is 0 Å². The van der Waals surface area contributed by atoms with Crippen molar-refractivity contribution < 1.29 is 19.4 Å². The SMILES string of the molecule is CCCCOc1c(Cl)cc(C(=O)Nc2cccc(CO)c2)cc1OCC. The summed E-state index contributed by atoms with van der Waals surface area (Å²) in [6, 6.07) is 10.2. The average Bonchev–Trinajstić information content (AvgIpc) is 2.64. The fourth-order valence-electron chi connectivity index (χ4n) is 2.37. The second-order valence-electron chi connectivity index (χ2n) is 5.73. The molecule has 0 aliphatic heterocycles. The maximum atomic E-state index is 12.6. The smallest absolute Gasteiger partial charge is 0.255 e. The molecule has 5 nitrogen and oxygen atoms in total. The molecule has 6 heteroatoms. The Morgan fingerprint density at radius 2 is 2.00 bits per heavy atom. The van der Waals surface area contributed by atoms with Gasteiger partial charge >= 0.3 is 0 Å². The summed E-state index contributed by atoms with van der Waals surface area (Å²) >= 11 is 6.33. The molecule has 0 aliphatic carbocycles. The summed E-state index contributed by atoms with van der Waals surface area (Å²) in [5, 5.41) is 12.3. The van der Waals surface area contributed by atoms with Gasteiger partial charge in [-0.2, -0.15) is 0 Å². The van der Waals surface area contributed by atoms with E-state index in [0.717, 1.165) is 18.4 Å². The number of carbonyl (C=O) groups excluding carboxylic acids is 1. The first-order valence-electron chi connectivity index (χ1n) is 8.69. The Labute approximate surface area is 158 Å². The Morgan fingerprint density at radius 3 is 2.69 bits per heavy atom. The Kier molecular flexibility index (Phi) is 7.75. The van der Waals surface area contributed by atoms with E-state index in [4.69, 9.17) is 21.1 Å². The molecular formula is C20H24ClNO4. The predicted molar refractivity (Wildman–Crippen MR) is 103 cm³/mol. The third-order valence-corrected chi connectivity index (χ3v) is 3.96. The molecule has 140 valence electrons. The lowest BCUT2D eigenvalue weighted by Crippen LogP contribution is -2.13. The summed E-state index contributed by atoms with van der Waals surface area (Å²) in [6.07, 6.45) is 1.92. The highest BCUT2D eigenvalue weighted by atomic mass is 35.5. The maximum Gasteiger partial charge on any atom is 0.255 e. The van der Waals surface area contributed by atoms with E-state index in [0.29, 0.717) is 41.0 Å². The molecule has 0 spiro atoms. The van der Waals surface area contributed by atoms with Crippen LogP contribution in [0.1, 0.15) is 42.6 Å². The van der Waals surface area contributed by atoms with Gasteiger partial charge in [-0.05, 0) is 43.2 Å². The van der Waals surface area contributed by atoms with E-state index in [1.54, 1.807) is 36.4 Å². The highest BCUT2D eigenvalue weighted by Gasteiger charge is 2.16. The lowest BCUT2D eigenvalue weighted by Gasteiger charge is -2.15. The second kappa shape index (κ2) is 10.0. The largest absolute Gasteiger partial charge is 0.490 e. The van der Waals surface area contributed by atoms with Gasteiger partial charge in [-0.1, -0.05) is 37.1 Å². The van der Waals surface area contributed by atoms with Gasteiger partial charge in [0.2, 0.25) is 0 Å². The van der Waals surface area contributed by atoms with Crippen molar-refractivity contribution in [2.45, 2.75) is 33.3 Å². The van der Waals surface area contributed by atoms with Crippen molar-refractivity contribution in [1.29, 1.82) is 0 Å². The van der Waals surface area contributed by atoms with E-state index < -0.39 is 0 Å². The van der Waals surface area contributed by atoms with E-state index in [1.807, 2.05) is 6.92 Å². The van der Waals surface area contributed by atoms with Gasteiger partial charge in [0.25, 0.3) is 5.91 Å². The molecule has 2 rings (SSSR count). The summed E-state index contributed by atoms with van der Waals surface area (Å²) in [6.45, 7) is 4.82. The molecule has 1 amide bonds. The van der Waals surface area contributed by atoms with Gasteiger partial charge in [-0.3, -0.25) is 4.79 Å². The molecule has 0 fully saturated rings. The minimum atomic E-state index is -0.317. The number of aliphatic hydroxyl groups is 1. The highest BCUT2D eigenvalue weighted by molar-refractivity contribution is 6.32. The van der Waals surface area contributed by atoms with Gasteiger partial charge in [0.15, 0.2) is 11.5 Å². The van der Waals surface area contributed by atoms with Crippen molar-refractivity contribution in [3.05, 3.63) is 52.5 Å². The molecule has 0 atom stereocenters. The summed E-state index contributed by atoms with van der Waals surface area (Å²) in [7, 11) is 0. The van der Waals surface area contributed by atoms with E-state index >= 15 is 0 Å². The highest BCUT2D eigenvalue weighted by Crippen LogP contribution is 2.37. The van der Waals surface area contributed by atoms with Crippen LogP contribution in [0.3, 0.4) is 0 Å². The Hall–Kier alpha value is -2.24. The van der Waals surface area contributed by atoms with Crippen LogP contribution in [0.2, 0.25) is 5.02 Å². The van der Waals surface area contributed by atoms with E-state index in [9.17, 15) is 9.90 Å². The number of ether oxygens (including phenoxy) is 2. The minimum Gasteiger partial charge on any atom is -0.490 e. The number of hydrogen-bond donors (Lipinski definition) is 2. The van der Waals surface area contributed by atoms with Crippen molar-refractivity contribution >= 4 is 23.2 Å². The summed E-state index contributed by atoms with van der Waals surface area (Å²) in [5.41, 5.74) is 1.69. The Bertz CT molecular complexity index is 749. The molecule has 0 saturated heterocycles. The fourth-order valence-corrected chi connectivity index (χ4v) is 2.64. The fraction of sp³-hybridized carbons (Fsp3) is 0.350. The second-order valence-corrected chi connectivity index (χ2v) is 6.14. The van der Waals surface area contributed by atoms with E-state index in [1.165, 1.54) is 0 Å².